The number of hydrogen-bond acceptors (Lipinski definition) is 5. The highest BCUT2D eigenvalue weighted by atomic mass is 16.5. The Hall–Kier alpha value is -2.15. The van der Waals surface area contributed by atoms with Gasteiger partial charge in [-0.15, -0.1) is 0 Å². The number of ether oxygens (including phenoxy) is 1. The smallest absolute Gasteiger partial charge is 0.313 e. The van der Waals surface area contributed by atoms with Crippen LogP contribution in [0.2, 0.25) is 0 Å². The molecule has 0 spiro atoms. The molecule has 1 saturated heterocycles. The fourth-order valence-corrected chi connectivity index (χ4v) is 3.52. The Bertz CT molecular complexity index is 584. The fraction of sp³-hybridized carbons (Fsp3) is 0.588. The molecule has 2 N–H and O–H groups in total. The van der Waals surface area contributed by atoms with Crippen molar-refractivity contribution in [3.63, 3.8) is 0 Å². The summed E-state index contributed by atoms with van der Waals surface area (Å²) in [6, 6.07) is 3.99. The number of nitrogens with zero attached hydrogens (tertiary/aromatic N) is 2. The Morgan fingerprint density at radius 2 is 2.00 bits per heavy atom. The van der Waals surface area contributed by atoms with Gasteiger partial charge in [0.25, 0.3) is 0 Å². The first-order chi connectivity index (χ1) is 11.7. The lowest BCUT2D eigenvalue weighted by Crippen LogP contribution is -2.43. The van der Waals surface area contributed by atoms with E-state index in [0.29, 0.717) is 17.6 Å². The topological polar surface area (TPSA) is 83.6 Å². The van der Waals surface area contributed by atoms with Gasteiger partial charge in [0, 0.05) is 31.2 Å². The molecule has 2 heterocycles. The van der Waals surface area contributed by atoms with E-state index in [1.165, 1.54) is 39.0 Å². The van der Waals surface area contributed by atoms with Crippen LogP contribution in [-0.4, -0.2) is 54.0 Å². The standard InChI is InChI=1S/C17H24N4O3/c1-24-15-7-6-12(10-18-15)19-16(22)17(23)20-13-8-9-21(11-13)14-4-2-3-5-14/h6-7,10,13-14H,2-5,8-9,11H2,1H3,(H,19,22)(H,20,23)/t13-/m0/s1. The van der Waals surface area contributed by atoms with E-state index in [1.807, 2.05) is 0 Å². The zero-order valence-electron chi connectivity index (χ0n) is 14.0. The van der Waals surface area contributed by atoms with E-state index >= 15 is 0 Å². The van der Waals surface area contributed by atoms with Crippen molar-refractivity contribution in [3.05, 3.63) is 18.3 Å². The number of rotatable bonds is 4. The molecule has 3 rings (SSSR count). The molecule has 130 valence electrons. The minimum absolute atomic E-state index is 0.0536. The average molecular weight is 332 g/mol. The Labute approximate surface area is 141 Å². The molecule has 0 bridgehead atoms. The van der Waals surface area contributed by atoms with E-state index in [-0.39, 0.29) is 6.04 Å². The Kier molecular flexibility index (Phi) is 5.30. The Morgan fingerprint density at radius 3 is 2.67 bits per heavy atom. The van der Waals surface area contributed by atoms with Crippen molar-refractivity contribution < 1.29 is 14.3 Å². The van der Waals surface area contributed by atoms with Crippen LogP contribution in [0.4, 0.5) is 5.69 Å². The van der Waals surface area contributed by atoms with Crippen molar-refractivity contribution in [2.75, 3.05) is 25.5 Å². The van der Waals surface area contributed by atoms with Gasteiger partial charge in [0.2, 0.25) is 5.88 Å². The molecule has 0 radical (unpaired) electrons. The van der Waals surface area contributed by atoms with Crippen molar-refractivity contribution in [2.45, 2.75) is 44.2 Å². The average Bonchev–Trinajstić information content (AvgIpc) is 3.26. The van der Waals surface area contributed by atoms with Gasteiger partial charge in [-0.05, 0) is 25.3 Å². The van der Waals surface area contributed by atoms with Crippen molar-refractivity contribution in [1.29, 1.82) is 0 Å². The summed E-state index contributed by atoms with van der Waals surface area (Å²) in [7, 11) is 1.52. The molecule has 0 unspecified atom stereocenters. The maximum absolute atomic E-state index is 12.1. The third-order valence-corrected chi connectivity index (χ3v) is 4.81. The molecule has 2 amide bonds. The Morgan fingerprint density at radius 1 is 1.21 bits per heavy atom. The zero-order valence-corrected chi connectivity index (χ0v) is 14.0. The predicted molar refractivity (Wildman–Crippen MR) is 89.8 cm³/mol. The molecule has 24 heavy (non-hydrogen) atoms. The molecule has 2 fully saturated rings. The van der Waals surface area contributed by atoms with E-state index in [0.717, 1.165) is 19.5 Å². The highest BCUT2D eigenvalue weighted by Gasteiger charge is 2.31. The second-order valence-corrected chi connectivity index (χ2v) is 6.44. The first-order valence-electron chi connectivity index (χ1n) is 8.51. The number of aromatic nitrogens is 1. The van der Waals surface area contributed by atoms with Crippen LogP contribution < -0.4 is 15.4 Å². The number of carbonyl (C=O) groups excluding carboxylic acids is 2. The minimum atomic E-state index is -0.665. The summed E-state index contributed by atoms with van der Waals surface area (Å²) in [5, 5.41) is 5.39. The summed E-state index contributed by atoms with van der Waals surface area (Å²) in [6.07, 6.45) is 7.48. The molecule has 7 nitrogen and oxygen atoms in total. The number of hydrogen-bond donors (Lipinski definition) is 2. The van der Waals surface area contributed by atoms with Crippen LogP contribution in [-0.2, 0) is 9.59 Å². The summed E-state index contributed by atoms with van der Waals surface area (Å²) in [5.41, 5.74) is 0.468. The van der Waals surface area contributed by atoms with E-state index in [9.17, 15) is 9.59 Å². The monoisotopic (exact) mass is 332 g/mol. The number of anilines is 1. The first-order valence-corrected chi connectivity index (χ1v) is 8.51. The molecular formula is C17H24N4O3. The molecule has 1 aliphatic carbocycles. The molecule has 0 aromatic carbocycles. The van der Waals surface area contributed by atoms with Gasteiger partial charge in [-0.1, -0.05) is 12.8 Å². The second kappa shape index (κ2) is 7.61. The highest BCUT2D eigenvalue weighted by Crippen LogP contribution is 2.26. The molecule has 1 atom stereocenters. The predicted octanol–water partition coefficient (Wildman–Crippen LogP) is 1.16. The second-order valence-electron chi connectivity index (χ2n) is 6.44. The third kappa shape index (κ3) is 4.03. The zero-order chi connectivity index (χ0) is 16.9. The fourth-order valence-electron chi connectivity index (χ4n) is 3.52. The number of carbonyl (C=O) groups is 2. The van der Waals surface area contributed by atoms with Gasteiger partial charge in [-0.25, -0.2) is 4.98 Å². The highest BCUT2D eigenvalue weighted by molar-refractivity contribution is 6.39. The number of methoxy groups -OCH3 is 1. The third-order valence-electron chi connectivity index (χ3n) is 4.81. The van der Waals surface area contributed by atoms with Crippen LogP contribution in [0.15, 0.2) is 18.3 Å². The van der Waals surface area contributed by atoms with Gasteiger partial charge >= 0.3 is 11.8 Å². The van der Waals surface area contributed by atoms with Crippen LogP contribution in [0.3, 0.4) is 0 Å². The molecular weight excluding hydrogens is 308 g/mol. The van der Waals surface area contributed by atoms with E-state index < -0.39 is 11.8 Å². The van der Waals surface area contributed by atoms with Gasteiger partial charge in [-0.2, -0.15) is 0 Å². The van der Waals surface area contributed by atoms with Gasteiger partial charge in [0.1, 0.15) is 0 Å². The van der Waals surface area contributed by atoms with Crippen LogP contribution in [0.5, 0.6) is 5.88 Å². The van der Waals surface area contributed by atoms with E-state index in [2.05, 4.69) is 20.5 Å². The molecule has 2 aliphatic rings. The lowest BCUT2D eigenvalue weighted by Gasteiger charge is -2.23. The normalized spacial score (nSPS) is 21.6. The molecule has 7 heteroatoms. The molecule has 1 saturated carbocycles. The quantitative estimate of drug-likeness (QED) is 0.809. The van der Waals surface area contributed by atoms with Crippen LogP contribution >= 0.6 is 0 Å². The SMILES string of the molecule is COc1ccc(NC(=O)C(=O)N[C@H]2CCN(C3CCCC3)C2)cn1. The summed E-state index contributed by atoms with van der Waals surface area (Å²) in [5.74, 6) is -0.805. The maximum Gasteiger partial charge on any atom is 0.313 e. The van der Waals surface area contributed by atoms with Crippen molar-refractivity contribution in [2.24, 2.45) is 0 Å². The largest absolute Gasteiger partial charge is 0.481 e. The number of pyridine rings is 1. The summed E-state index contributed by atoms with van der Waals surface area (Å²) in [6.45, 7) is 1.84. The first kappa shape index (κ1) is 16.7. The minimum Gasteiger partial charge on any atom is -0.481 e. The van der Waals surface area contributed by atoms with Gasteiger partial charge in [0.05, 0.1) is 19.0 Å². The maximum atomic E-state index is 12.1. The lowest BCUT2D eigenvalue weighted by atomic mass is 10.2. The number of amides is 2. The van der Waals surface area contributed by atoms with Crippen LogP contribution in [0, 0.1) is 0 Å². The molecule has 1 aliphatic heterocycles. The van der Waals surface area contributed by atoms with Crippen molar-refractivity contribution in [3.8, 4) is 5.88 Å². The summed E-state index contributed by atoms with van der Waals surface area (Å²) < 4.78 is 4.95. The van der Waals surface area contributed by atoms with Crippen LogP contribution in [0.25, 0.3) is 0 Å². The Balaban J connectivity index is 1.46. The van der Waals surface area contributed by atoms with Crippen molar-refractivity contribution >= 4 is 17.5 Å². The van der Waals surface area contributed by atoms with E-state index in [4.69, 9.17) is 4.74 Å². The van der Waals surface area contributed by atoms with Gasteiger partial charge in [-0.3, -0.25) is 14.5 Å². The number of nitrogens with one attached hydrogen (secondary N) is 2. The van der Waals surface area contributed by atoms with Crippen LogP contribution in [0.1, 0.15) is 32.1 Å². The van der Waals surface area contributed by atoms with Crippen molar-refractivity contribution in [1.82, 2.24) is 15.2 Å². The van der Waals surface area contributed by atoms with Gasteiger partial charge in [0.15, 0.2) is 0 Å². The molecule has 1 aromatic rings. The lowest BCUT2D eigenvalue weighted by molar-refractivity contribution is -0.136. The summed E-state index contributed by atoms with van der Waals surface area (Å²) in [4.78, 5) is 30.5. The molecule has 1 aromatic heterocycles. The summed E-state index contributed by atoms with van der Waals surface area (Å²) >= 11 is 0. The number of likely N-dealkylation sites (tertiary alicyclic amines) is 1. The van der Waals surface area contributed by atoms with Gasteiger partial charge < -0.3 is 15.4 Å². The van der Waals surface area contributed by atoms with E-state index in [1.54, 1.807) is 12.1 Å².